The van der Waals surface area contributed by atoms with Gasteiger partial charge in [-0.15, -0.1) is 0 Å². The second-order valence-corrected chi connectivity index (χ2v) is 4.39. The van der Waals surface area contributed by atoms with Crippen molar-refractivity contribution in [1.29, 1.82) is 0 Å². The average Bonchev–Trinajstić information content (AvgIpc) is 2.54. The Balaban J connectivity index is 2.45. The summed E-state index contributed by atoms with van der Waals surface area (Å²) in [7, 11) is 0. The van der Waals surface area contributed by atoms with Crippen molar-refractivity contribution in [2.24, 2.45) is 0 Å². The molecule has 2 heteroatoms. The summed E-state index contributed by atoms with van der Waals surface area (Å²) in [4.78, 5) is 0. The third-order valence-electron chi connectivity index (χ3n) is 1.69. The number of hydrogen-bond donors (Lipinski definition) is 0. The Morgan fingerprint density at radius 2 is 1.92 bits per heavy atom. The molecule has 0 bridgehead atoms. The molecule has 1 heterocycles. The topological polar surface area (TPSA) is 12.9 Å². The molecular weight excluding hydrogens is 213 g/mol. The summed E-state index contributed by atoms with van der Waals surface area (Å²) in [6, 6.07) is 12.6. The number of hydrogen-bond acceptors (Lipinski definition) is 1. The van der Waals surface area contributed by atoms with Gasteiger partial charge in [0.15, 0.2) is 0 Å². The van der Waals surface area contributed by atoms with Gasteiger partial charge in [0.05, 0.1) is 0 Å². The average molecular weight is 222 g/mol. The van der Waals surface area contributed by atoms with E-state index in [1.54, 1.807) is 0 Å². The van der Waals surface area contributed by atoms with Crippen LogP contribution in [0.3, 0.4) is 0 Å². The van der Waals surface area contributed by atoms with Crippen LogP contribution in [-0.2, 0) is 0 Å². The molecule has 0 spiro atoms. The van der Waals surface area contributed by atoms with Gasteiger partial charge in [-0.1, -0.05) is 0 Å². The molecule has 0 radical (unpaired) electrons. The Hall–Kier alpha value is -0.851. The molecule has 0 N–H and O–H groups in total. The predicted octanol–water partition coefficient (Wildman–Crippen LogP) is 2.11. The van der Waals surface area contributed by atoms with E-state index in [4.69, 9.17) is 0 Å². The van der Waals surface area contributed by atoms with Gasteiger partial charge in [-0.05, 0) is 0 Å². The molecule has 0 atom stereocenters. The molecule has 1 nitrogen and oxygen atoms in total. The first kappa shape index (κ1) is 7.78. The molecule has 0 fully saturated rings. The first-order chi connectivity index (χ1) is 5.86. The SMILES string of the molecule is Cc1cc(-c2ccccc2)[se]n1. The molecule has 0 aliphatic carbocycles. The van der Waals surface area contributed by atoms with Crippen molar-refractivity contribution in [3.63, 3.8) is 0 Å². The Kier molecular flexibility index (Phi) is 2.11. The van der Waals surface area contributed by atoms with Gasteiger partial charge in [-0.25, -0.2) is 0 Å². The number of aryl methyl sites for hydroxylation is 1. The van der Waals surface area contributed by atoms with Crippen LogP contribution in [0.15, 0.2) is 36.4 Å². The second kappa shape index (κ2) is 3.26. The minimum absolute atomic E-state index is 0.311. The van der Waals surface area contributed by atoms with Crippen LogP contribution < -0.4 is 0 Å². The van der Waals surface area contributed by atoms with Gasteiger partial charge in [0.2, 0.25) is 0 Å². The predicted molar refractivity (Wildman–Crippen MR) is 51.4 cm³/mol. The van der Waals surface area contributed by atoms with Crippen LogP contribution in [0.1, 0.15) is 5.69 Å². The van der Waals surface area contributed by atoms with Crippen LogP contribution in [0.4, 0.5) is 0 Å². The maximum atomic E-state index is 4.38. The number of rotatable bonds is 1. The molecule has 0 saturated carbocycles. The minimum atomic E-state index is 0.311. The quantitative estimate of drug-likeness (QED) is 0.673. The van der Waals surface area contributed by atoms with E-state index in [2.05, 4.69) is 41.2 Å². The number of nitrogens with zero attached hydrogens (tertiary/aromatic N) is 1. The van der Waals surface area contributed by atoms with Crippen LogP contribution >= 0.6 is 0 Å². The Bertz CT molecular complexity index is 364. The summed E-state index contributed by atoms with van der Waals surface area (Å²) in [6.45, 7) is 2.05. The fourth-order valence-electron chi connectivity index (χ4n) is 1.10. The van der Waals surface area contributed by atoms with Crippen LogP contribution in [0, 0.1) is 6.92 Å². The Labute approximate surface area is 78.1 Å². The van der Waals surface area contributed by atoms with Crippen molar-refractivity contribution in [2.45, 2.75) is 6.92 Å². The molecule has 2 rings (SSSR count). The van der Waals surface area contributed by atoms with E-state index in [0.717, 1.165) is 5.69 Å². The van der Waals surface area contributed by atoms with Gasteiger partial charge in [0, 0.05) is 0 Å². The monoisotopic (exact) mass is 223 g/mol. The van der Waals surface area contributed by atoms with E-state index in [1.807, 2.05) is 6.07 Å². The first-order valence-corrected chi connectivity index (χ1v) is 5.47. The van der Waals surface area contributed by atoms with Crippen LogP contribution in [0.25, 0.3) is 10.0 Å². The van der Waals surface area contributed by atoms with E-state index >= 15 is 0 Å². The molecule has 1 aromatic heterocycles. The summed E-state index contributed by atoms with van der Waals surface area (Å²) < 4.78 is 5.77. The zero-order valence-electron chi connectivity index (χ0n) is 6.82. The van der Waals surface area contributed by atoms with Crippen LogP contribution in [0.5, 0.6) is 0 Å². The van der Waals surface area contributed by atoms with Crippen molar-refractivity contribution in [2.75, 3.05) is 0 Å². The van der Waals surface area contributed by atoms with Gasteiger partial charge < -0.3 is 0 Å². The third-order valence-corrected chi connectivity index (χ3v) is 3.64. The standard InChI is InChI=1S/C10H9NSe/c1-8-7-10(12-11-8)9-5-3-2-4-6-9/h2-7H,1H3. The molecule has 0 aliphatic rings. The van der Waals surface area contributed by atoms with Crippen LogP contribution in [0.2, 0.25) is 0 Å². The normalized spacial score (nSPS) is 10.1. The molecule has 2 aromatic rings. The Morgan fingerprint density at radius 1 is 1.17 bits per heavy atom. The molecule has 0 unspecified atom stereocenters. The second-order valence-electron chi connectivity index (χ2n) is 2.70. The van der Waals surface area contributed by atoms with Crippen molar-refractivity contribution in [1.82, 2.24) is 3.98 Å². The molecule has 1 aromatic carbocycles. The first-order valence-electron chi connectivity index (χ1n) is 3.85. The van der Waals surface area contributed by atoms with E-state index in [1.165, 1.54) is 10.0 Å². The van der Waals surface area contributed by atoms with Gasteiger partial charge in [0.25, 0.3) is 0 Å². The zero-order valence-corrected chi connectivity index (χ0v) is 8.53. The van der Waals surface area contributed by atoms with E-state index in [9.17, 15) is 0 Å². The van der Waals surface area contributed by atoms with Crippen molar-refractivity contribution >= 4 is 14.7 Å². The van der Waals surface area contributed by atoms with Crippen LogP contribution in [-0.4, -0.2) is 18.7 Å². The van der Waals surface area contributed by atoms with Gasteiger partial charge in [0.1, 0.15) is 0 Å². The summed E-state index contributed by atoms with van der Waals surface area (Å²) in [5.41, 5.74) is 2.48. The molecule has 0 aliphatic heterocycles. The zero-order chi connectivity index (χ0) is 8.39. The fraction of sp³-hybridized carbons (Fsp3) is 0.100. The van der Waals surface area contributed by atoms with E-state index < -0.39 is 0 Å². The van der Waals surface area contributed by atoms with Gasteiger partial charge in [-0.3, -0.25) is 0 Å². The summed E-state index contributed by atoms with van der Waals surface area (Å²) in [5, 5.41) is 0. The van der Waals surface area contributed by atoms with Crippen molar-refractivity contribution in [3.8, 4) is 10.0 Å². The fourth-order valence-corrected chi connectivity index (χ4v) is 2.70. The van der Waals surface area contributed by atoms with Gasteiger partial charge >= 0.3 is 77.7 Å². The molecule has 0 saturated heterocycles. The number of benzene rings is 1. The van der Waals surface area contributed by atoms with Gasteiger partial charge in [-0.2, -0.15) is 0 Å². The molecule has 60 valence electrons. The third kappa shape index (κ3) is 1.50. The van der Waals surface area contributed by atoms with E-state index in [-0.39, 0.29) is 0 Å². The summed E-state index contributed by atoms with van der Waals surface area (Å²) in [5.74, 6) is 0. The molecule has 12 heavy (non-hydrogen) atoms. The van der Waals surface area contributed by atoms with Crippen molar-refractivity contribution < 1.29 is 0 Å². The number of aromatic nitrogens is 1. The maximum absolute atomic E-state index is 4.38. The molecular formula is C10H9NSe. The molecule has 0 amide bonds. The summed E-state index contributed by atoms with van der Waals surface area (Å²) in [6.07, 6.45) is 0. The van der Waals surface area contributed by atoms with Crippen molar-refractivity contribution in [3.05, 3.63) is 42.1 Å². The Morgan fingerprint density at radius 3 is 2.50 bits per heavy atom. The van der Waals surface area contributed by atoms with E-state index in [0.29, 0.717) is 14.7 Å². The summed E-state index contributed by atoms with van der Waals surface area (Å²) >= 11 is 0.311.